The zero-order valence-electron chi connectivity index (χ0n) is 20.2. The number of hydrogen-bond acceptors (Lipinski definition) is 5. The molecule has 6 heteroatoms. The van der Waals surface area contributed by atoms with Crippen LogP contribution < -0.4 is 4.90 Å². The van der Waals surface area contributed by atoms with Gasteiger partial charge < -0.3 is 14.3 Å². The number of hydrogen-bond donors (Lipinski definition) is 0. The predicted molar refractivity (Wildman–Crippen MR) is 133 cm³/mol. The molecular formula is C28H34N4O2. The lowest BCUT2D eigenvalue weighted by Crippen LogP contribution is -2.47. The van der Waals surface area contributed by atoms with Gasteiger partial charge in [-0.1, -0.05) is 59.5 Å². The minimum absolute atomic E-state index is 0.00480. The molecule has 1 atom stereocenters. The van der Waals surface area contributed by atoms with Crippen molar-refractivity contribution in [2.75, 3.05) is 18.0 Å². The highest BCUT2D eigenvalue weighted by Gasteiger charge is 2.35. The normalized spacial score (nSPS) is 18.9. The van der Waals surface area contributed by atoms with Crippen LogP contribution in [0.15, 0.2) is 53.1 Å². The minimum Gasteiger partial charge on any atom is -0.371 e. The van der Waals surface area contributed by atoms with Crippen molar-refractivity contribution in [2.45, 2.75) is 65.0 Å². The Balaban J connectivity index is 1.33. The molecule has 0 N–H and O–H groups in total. The molecule has 5 rings (SSSR count). The maximum Gasteiger partial charge on any atom is 0.246 e. The summed E-state index contributed by atoms with van der Waals surface area (Å²) in [5.74, 6) is 1.33. The molecule has 6 nitrogen and oxygen atoms in total. The van der Waals surface area contributed by atoms with Crippen LogP contribution >= 0.6 is 0 Å². The number of aryl methyl sites for hydroxylation is 2. The van der Waals surface area contributed by atoms with Gasteiger partial charge in [-0.2, -0.15) is 4.98 Å². The lowest BCUT2D eigenvalue weighted by molar-refractivity contribution is -0.139. The van der Waals surface area contributed by atoms with Crippen molar-refractivity contribution < 1.29 is 9.32 Å². The molecule has 0 unspecified atom stereocenters. The van der Waals surface area contributed by atoms with E-state index < -0.39 is 0 Å². The summed E-state index contributed by atoms with van der Waals surface area (Å²) >= 11 is 0. The van der Waals surface area contributed by atoms with E-state index in [9.17, 15) is 4.79 Å². The highest BCUT2D eigenvalue weighted by Crippen LogP contribution is 2.30. The van der Waals surface area contributed by atoms with Gasteiger partial charge in [0, 0.05) is 30.4 Å². The van der Waals surface area contributed by atoms with Crippen LogP contribution in [0.25, 0.3) is 11.4 Å². The van der Waals surface area contributed by atoms with Gasteiger partial charge in [0.05, 0.1) is 5.92 Å². The van der Waals surface area contributed by atoms with Gasteiger partial charge in [-0.25, -0.2) is 0 Å². The van der Waals surface area contributed by atoms with E-state index in [4.69, 9.17) is 4.52 Å². The van der Waals surface area contributed by atoms with Gasteiger partial charge in [0.15, 0.2) is 0 Å². The van der Waals surface area contributed by atoms with Crippen LogP contribution in [0.3, 0.4) is 0 Å². The molecule has 3 aromatic rings. The maximum absolute atomic E-state index is 13.9. The summed E-state index contributed by atoms with van der Waals surface area (Å²) in [5.41, 5.74) is 4.55. The highest BCUT2D eigenvalue weighted by atomic mass is 16.5. The third-order valence-corrected chi connectivity index (χ3v) is 7.27. The fourth-order valence-electron chi connectivity index (χ4n) is 5.37. The summed E-state index contributed by atoms with van der Waals surface area (Å²) in [7, 11) is 0. The molecular weight excluding hydrogens is 424 g/mol. The van der Waals surface area contributed by atoms with Crippen LogP contribution in [-0.4, -0.2) is 40.1 Å². The smallest absolute Gasteiger partial charge is 0.246 e. The largest absolute Gasteiger partial charge is 0.371 e. The Kier molecular flexibility index (Phi) is 6.66. The molecule has 2 heterocycles. The fourth-order valence-corrected chi connectivity index (χ4v) is 5.37. The fraction of sp³-hybridized carbons (Fsp3) is 0.464. The summed E-state index contributed by atoms with van der Waals surface area (Å²) < 4.78 is 5.62. The van der Waals surface area contributed by atoms with Crippen molar-refractivity contribution in [2.24, 2.45) is 5.92 Å². The van der Waals surface area contributed by atoms with Gasteiger partial charge in [-0.15, -0.1) is 0 Å². The molecule has 1 aromatic heterocycles. The van der Waals surface area contributed by atoms with Gasteiger partial charge in [0.1, 0.15) is 6.54 Å². The molecule has 1 amide bonds. The zero-order chi connectivity index (χ0) is 23.5. The first-order valence-corrected chi connectivity index (χ1v) is 12.6. The Bertz CT molecular complexity index is 1120. The molecule has 0 bridgehead atoms. The van der Waals surface area contributed by atoms with Crippen molar-refractivity contribution in [3.05, 3.63) is 65.5 Å². The third-order valence-electron chi connectivity index (χ3n) is 7.27. The summed E-state index contributed by atoms with van der Waals surface area (Å²) in [6, 6.07) is 17.0. The third kappa shape index (κ3) is 5.01. The van der Waals surface area contributed by atoms with Crippen molar-refractivity contribution in [3.8, 4) is 11.4 Å². The second-order valence-electron chi connectivity index (χ2n) is 9.91. The van der Waals surface area contributed by atoms with Crippen molar-refractivity contribution in [1.82, 2.24) is 15.0 Å². The van der Waals surface area contributed by atoms with E-state index in [0.29, 0.717) is 18.3 Å². The molecule has 1 aliphatic carbocycles. The molecule has 2 fully saturated rings. The van der Waals surface area contributed by atoms with Gasteiger partial charge in [0.25, 0.3) is 0 Å². The van der Waals surface area contributed by atoms with E-state index >= 15 is 0 Å². The van der Waals surface area contributed by atoms with Gasteiger partial charge in [-0.05, 0) is 57.7 Å². The van der Waals surface area contributed by atoms with E-state index in [1.54, 1.807) is 0 Å². The number of benzene rings is 2. The summed E-state index contributed by atoms with van der Waals surface area (Å²) in [4.78, 5) is 22.9. The molecule has 0 spiro atoms. The van der Waals surface area contributed by atoms with Crippen LogP contribution in [0.4, 0.5) is 5.69 Å². The average molecular weight is 459 g/mol. The van der Waals surface area contributed by atoms with Gasteiger partial charge >= 0.3 is 0 Å². The Hall–Kier alpha value is -3.15. The average Bonchev–Trinajstić information content (AvgIpc) is 3.55. The number of anilines is 1. The summed E-state index contributed by atoms with van der Waals surface area (Å²) in [6.07, 6.45) is 6.42. The predicted octanol–water partition coefficient (Wildman–Crippen LogP) is 5.54. The first kappa shape index (κ1) is 22.6. The Morgan fingerprint density at radius 3 is 2.59 bits per heavy atom. The Morgan fingerprint density at radius 1 is 1.03 bits per heavy atom. The first-order valence-electron chi connectivity index (χ1n) is 12.6. The SMILES string of the molecule is Cc1ccc(N2CCC[C@H](C(=O)N(Cc3nc(-c4cccc(C)c4)no3)C3CCCC3)C2)cc1. The summed E-state index contributed by atoms with van der Waals surface area (Å²) in [6.45, 7) is 6.31. The van der Waals surface area contributed by atoms with Crippen molar-refractivity contribution >= 4 is 11.6 Å². The lowest BCUT2D eigenvalue weighted by Gasteiger charge is -2.37. The molecule has 2 aromatic carbocycles. The van der Waals surface area contributed by atoms with Gasteiger partial charge in [-0.3, -0.25) is 4.79 Å². The van der Waals surface area contributed by atoms with Crippen LogP contribution in [0.5, 0.6) is 0 Å². The second kappa shape index (κ2) is 10.00. The molecule has 1 saturated carbocycles. The van der Waals surface area contributed by atoms with Crippen molar-refractivity contribution in [3.63, 3.8) is 0 Å². The number of nitrogens with zero attached hydrogens (tertiary/aromatic N) is 4. The number of carbonyl (C=O) groups excluding carboxylic acids is 1. The van der Waals surface area contributed by atoms with E-state index in [2.05, 4.69) is 65.3 Å². The second-order valence-corrected chi connectivity index (χ2v) is 9.91. The van der Waals surface area contributed by atoms with Crippen LogP contribution in [-0.2, 0) is 11.3 Å². The van der Waals surface area contributed by atoms with Crippen LogP contribution in [0.1, 0.15) is 55.5 Å². The molecule has 0 radical (unpaired) electrons. The van der Waals surface area contributed by atoms with Crippen LogP contribution in [0.2, 0.25) is 0 Å². The van der Waals surface area contributed by atoms with Crippen molar-refractivity contribution in [1.29, 1.82) is 0 Å². The Labute approximate surface area is 202 Å². The van der Waals surface area contributed by atoms with E-state index in [1.807, 2.05) is 17.0 Å². The molecule has 1 aliphatic heterocycles. The molecule has 2 aliphatic rings. The number of aromatic nitrogens is 2. The topological polar surface area (TPSA) is 62.5 Å². The van der Waals surface area contributed by atoms with Gasteiger partial charge in [0.2, 0.25) is 17.6 Å². The molecule has 34 heavy (non-hydrogen) atoms. The minimum atomic E-state index is -0.00480. The number of carbonyl (C=O) groups is 1. The lowest BCUT2D eigenvalue weighted by atomic mass is 9.95. The maximum atomic E-state index is 13.9. The monoisotopic (exact) mass is 458 g/mol. The summed E-state index contributed by atoms with van der Waals surface area (Å²) in [5, 5.41) is 4.21. The quantitative estimate of drug-likeness (QED) is 0.485. The van der Waals surface area contributed by atoms with E-state index in [0.717, 1.165) is 49.9 Å². The van der Waals surface area contributed by atoms with Crippen LogP contribution in [0, 0.1) is 19.8 Å². The first-order chi connectivity index (χ1) is 16.6. The number of rotatable bonds is 6. The standard InChI is InChI=1S/C28H34N4O2/c1-20-12-14-24(15-13-20)31-16-6-9-23(18-31)28(33)32(25-10-3-4-11-25)19-26-29-27(30-34-26)22-8-5-7-21(2)17-22/h5,7-8,12-15,17,23,25H,3-4,6,9-11,16,18-19H2,1-2H3/t23-/m0/s1. The zero-order valence-corrected chi connectivity index (χ0v) is 20.2. The molecule has 178 valence electrons. The van der Waals surface area contributed by atoms with E-state index in [1.165, 1.54) is 24.1 Å². The van der Waals surface area contributed by atoms with E-state index in [-0.39, 0.29) is 17.9 Å². The molecule has 1 saturated heterocycles. The number of piperidine rings is 1. The Morgan fingerprint density at radius 2 is 1.82 bits per heavy atom. The number of amides is 1. The highest BCUT2D eigenvalue weighted by molar-refractivity contribution is 5.80.